The van der Waals surface area contributed by atoms with Crippen LogP contribution in [0.25, 0.3) is 10.9 Å². The van der Waals surface area contributed by atoms with Gasteiger partial charge >= 0.3 is 0 Å². The van der Waals surface area contributed by atoms with Crippen LogP contribution in [-0.4, -0.2) is 15.1 Å². The summed E-state index contributed by atoms with van der Waals surface area (Å²) in [4.78, 5) is 0. The monoisotopic (exact) mass is 205 g/mol. The maximum absolute atomic E-state index is 5.48. The molecule has 0 atom stereocenters. The number of aromatic nitrogens is 1. The molecule has 0 radical (unpaired) electrons. The van der Waals surface area contributed by atoms with Gasteiger partial charge in [0.15, 0.2) is 5.88 Å². The second kappa shape index (κ2) is 3.88. The highest BCUT2D eigenvalue weighted by Crippen LogP contribution is 2.25. The zero-order valence-electron chi connectivity index (χ0n) is 8.66. The van der Waals surface area contributed by atoms with Crippen LogP contribution in [0.2, 0.25) is 0 Å². The molecule has 2 aromatic rings. The average Bonchev–Trinajstić information content (AvgIpc) is 2.58. The molecular formula is C11H15NOSi. The van der Waals surface area contributed by atoms with E-state index in [4.69, 9.17) is 4.43 Å². The van der Waals surface area contributed by atoms with E-state index in [1.807, 2.05) is 0 Å². The van der Waals surface area contributed by atoms with Crippen molar-refractivity contribution < 1.29 is 4.43 Å². The van der Waals surface area contributed by atoms with Crippen LogP contribution in [0, 0.1) is 0 Å². The van der Waals surface area contributed by atoms with Gasteiger partial charge in [0.1, 0.15) is 0 Å². The van der Waals surface area contributed by atoms with Gasteiger partial charge in [0.25, 0.3) is 0 Å². The molecule has 2 rings (SSSR count). The standard InChI is InChI=1S/C11H15NOSi/c1-2-7-12-10-6-4-3-5-9(10)8-11(12)13-14/h3-6,8H,2,7H2,1,14H3. The largest absolute Gasteiger partial charge is 0.541 e. The quantitative estimate of drug-likeness (QED) is 0.696. The SMILES string of the molecule is CCCn1c(O[SiH3])cc2ccccc21. The molecule has 3 heteroatoms. The van der Waals surface area contributed by atoms with Gasteiger partial charge in [0.2, 0.25) is 10.5 Å². The molecule has 2 nitrogen and oxygen atoms in total. The Bertz CT molecular complexity index is 436. The van der Waals surface area contributed by atoms with Gasteiger partial charge in [-0.25, -0.2) is 0 Å². The van der Waals surface area contributed by atoms with E-state index in [1.54, 1.807) is 0 Å². The Hall–Kier alpha value is -1.22. The molecule has 1 heterocycles. The number of para-hydroxylation sites is 1. The highest BCUT2D eigenvalue weighted by atomic mass is 28.2. The van der Waals surface area contributed by atoms with E-state index in [0.717, 1.165) is 29.3 Å². The van der Waals surface area contributed by atoms with Gasteiger partial charge in [-0.1, -0.05) is 25.1 Å². The Morgan fingerprint density at radius 3 is 2.86 bits per heavy atom. The van der Waals surface area contributed by atoms with Gasteiger partial charge in [0.05, 0.1) is 5.52 Å². The zero-order valence-corrected chi connectivity index (χ0v) is 10.7. The first-order valence-electron chi connectivity index (χ1n) is 4.99. The summed E-state index contributed by atoms with van der Waals surface area (Å²) in [6, 6.07) is 10.5. The van der Waals surface area contributed by atoms with Crippen molar-refractivity contribution in [2.24, 2.45) is 0 Å². The molecule has 0 bridgehead atoms. The van der Waals surface area contributed by atoms with Crippen LogP contribution in [0.5, 0.6) is 5.88 Å². The molecule has 0 spiro atoms. The summed E-state index contributed by atoms with van der Waals surface area (Å²) < 4.78 is 7.74. The lowest BCUT2D eigenvalue weighted by molar-refractivity contribution is 0.527. The predicted molar refractivity (Wildman–Crippen MR) is 62.8 cm³/mol. The second-order valence-corrected chi connectivity index (χ2v) is 3.81. The van der Waals surface area contributed by atoms with E-state index in [2.05, 4.69) is 41.8 Å². The lowest BCUT2D eigenvalue weighted by Crippen LogP contribution is -1.99. The molecule has 74 valence electrons. The summed E-state index contributed by atoms with van der Waals surface area (Å²) in [5, 5.41) is 1.27. The van der Waals surface area contributed by atoms with Crippen molar-refractivity contribution in [3.63, 3.8) is 0 Å². The number of hydrogen-bond acceptors (Lipinski definition) is 1. The molecule has 1 aromatic heterocycles. The van der Waals surface area contributed by atoms with E-state index >= 15 is 0 Å². The van der Waals surface area contributed by atoms with Crippen LogP contribution in [0.15, 0.2) is 30.3 Å². The van der Waals surface area contributed by atoms with Gasteiger partial charge in [-0.15, -0.1) is 0 Å². The van der Waals surface area contributed by atoms with Crippen LogP contribution < -0.4 is 4.43 Å². The Kier molecular flexibility index (Phi) is 2.59. The first-order valence-corrected chi connectivity index (χ1v) is 5.80. The lowest BCUT2D eigenvalue weighted by Gasteiger charge is -2.07. The lowest BCUT2D eigenvalue weighted by atomic mass is 10.2. The molecule has 0 unspecified atom stereocenters. The van der Waals surface area contributed by atoms with E-state index in [9.17, 15) is 0 Å². The minimum atomic E-state index is 0.750. The average molecular weight is 205 g/mol. The molecular weight excluding hydrogens is 190 g/mol. The number of nitrogens with zero attached hydrogens (tertiary/aromatic N) is 1. The molecule has 0 N–H and O–H groups in total. The van der Waals surface area contributed by atoms with Crippen molar-refractivity contribution >= 4 is 21.4 Å². The fourth-order valence-corrected chi connectivity index (χ4v) is 2.15. The molecule has 0 amide bonds. The van der Waals surface area contributed by atoms with E-state index in [0.29, 0.717) is 0 Å². The van der Waals surface area contributed by atoms with Gasteiger partial charge in [-0.2, -0.15) is 0 Å². The van der Waals surface area contributed by atoms with Crippen molar-refractivity contribution in [2.45, 2.75) is 19.9 Å². The third kappa shape index (κ3) is 1.44. The van der Waals surface area contributed by atoms with Crippen LogP contribution in [0.1, 0.15) is 13.3 Å². The first-order chi connectivity index (χ1) is 6.86. The molecule has 0 aliphatic carbocycles. The Balaban J connectivity index is 2.61. The third-order valence-electron chi connectivity index (χ3n) is 2.43. The van der Waals surface area contributed by atoms with E-state index in [-0.39, 0.29) is 0 Å². The topological polar surface area (TPSA) is 14.2 Å². The number of rotatable bonds is 3. The number of hydrogen-bond donors (Lipinski definition) is 0. The van der Waals surface area contributed by atoms with Gasteiger partial charge < -0.3 is 8.99 Å². The zero-order chi connectivity index (χ0) is 9.97. The van der Waals surface area contributed by atoms with Crippen molar-refractivity contribution in [2.75, 3.05) is 0 Å². The Morgan fingerprint density at radius 1 is 1.36 bits per heavy atom. The van der Waals surface area contributed by atoms with Gasteiger partial charge in [-0.05, 0) is 12.5 Å². The first kappa shape index (κ1) is 9.34. The van der Waals surface area contributed by atoms with Crippen LogP contribution >= 0.6 is 0 Å². The van der Waals surface area contributed by atoms with Gasteiger partial charge in [-0.3, -0.25) is 0 Å². The summed E-state index contributed by atoms with van der Waals surface area (Å²) >= 11 is 0. The molecule has 0 saturated carbocycles. The molecule has 0 aliphatic heterocycles. The summed E-state index contributed by atoms with van der Waals surface area (Å²) in [7, 11) is 0.750. The molecule has 0 saturated heterocycles. The van der Waals surface area contributed by atoms with Crippen LogP contribution in [0.4, 0.5) is 0 Å². The highest BCUT2D eigenvalue weighted by Gasteiger charge is 2.06. The molecule has 1 aromatic carbocycles. The predicted octanol–water partition coefficient (Wildman–Crippen LogP) is 1.71. The van der Waals surface area contributed by atoms with E-state index in [1.165, 1.54) is 10.9 Å². The van der Waals surface area contributed by atoms with Crippen molar-refractivity contribution in [3.05, 3.63) is 30.3 Å². The Morgan fingerprint density at radius 2 is 2.14 bits per heavy atom. The summed E-state index contributed by atoms with van der Waals surface area (Å²) in [5.74, 6) is 1.01. The Labute approximate surface area is 87.0 Å². The van der Waals surface area contributed by atoms with Crippen molar-refractivity contribution in [3.8, 4) is 5.88 Å². The molecule has 14 heavy (non-hydrogen) atoms. The number of aryl methyl sites for hydroxylation is 1. The fraction of sp³-hybridized carbons (Fsp3) is 0.273. The fourth-order valence-electron chi connectivity index (χ4n) is 1.81. The van der Waals surface area contributed by atoms with Crippen molar-refractivity contribution in [1.29, 1.82) is 0 Å². The smallest absolute Gasteiger partial charge is 0.206 e. The number of benzene rings is 1. The molecule has 0 fully saturated rings. The van der Waals surface area contributed by atoms with Crippen molar-refractivity contribution in [1.82, 2.24) is 4.57 Å². The summed E-state index contributed by atoms with van der Waals surface area (Å²) in [6.45, 7) is 3.22. The maximum Gasteiger partial charge on any atom is 0.206 e. The number of fused-ring (bicyclic) bond motifs is 1. The summed E-state index contributed by atoms with van der Waals surface area (Å²) in [5.41, 5.74) is 1.28. The minimum absolute atomic E-state index is 0.750. The normalized spacial score (nSPS) is 10.9. The van der Waals surface area contributed by atoms with Crippen LogP contribution in [0.3, 0.4) is 0 Å². The molecule has 0 aliphatic rings. The van der Waals surface area contributed by atoms with Crippen LogP contribution in [-0.2, 0) is 6.54 Å². The maximum atomic E-state index is 5.48. The highest BCUT2D eigenvalue weighted by molar-refractivity contribution is 6.00. The minimum Gasteiger partial charge on any atom is -0.541 e. The third-order valence-corrected chi connectivity index (χ3v) is 2.85. The van der Waals surface area contributed by atoms with E-state index < -0.39 is 0 Å². The second-order valence-electron chi connectivity index (χ2n) is 3.40. The van der Waals surface area contributed by atoms with Gasteiger partial charge in [0, 0.05) is 18.0 Å². The summed E-state index contributed by atoms with van der Waals surface area (Å²) in [6.07, 6.45) is 1.14.